The maximum absolute atomic E-state index is 6.55. The van der Waals surface area contributed by atoms with E-state index < -0.39 is 0 Å². The van der Waals surface area contributed by atoms with Crippen molar-refractivity contribution in [2.24, 2.45) is 0 Å². The number of benzene rings is 10. The van der Waals surface area contributed by atoms with Gasteiger partial charge < -0.3 is 9.32 Å². The van der Waals surface area contributed by atoms with Gasteiger partial charge in [-0.1, -0.05) is 140 Å². The minimum absolute atomic E-state index is 0.903. The first-order chi connectivity index (χ1) is 28.2. The number of thiophene rings is 1. The van der Waals surface area contributed by atoms with Gasteiger partial charge in [-0.05, 0) is 110 Å². The third kappa shape index (κ3) is 5.10. The minimum atomic E-state index is 0.903. The molecule has 12 aromatic rings. The molecule has 3 heteroatoms. The standard InChI is InChI=1S/C54H33NOS/c1-3-11-42-35(9-1)19-20-39-33-38(26-31-43(39)42)34-21-27-40(28-22-34)55(48-15-8-18-51-53(48)46-13-5-6-17-50(46)57-51)41-29-23-37(24-30-41)44-14-7-16-49-52(44)47-32-25-36-10-2-4-12-45(36)54(47)56-49/h1-33H. The molecule has 0 atom stereocenters. The van der Waals surface area contributed by atoms with Crippen LogP contribution in [-0.4, -0.2) is 0 Å². The van der Waals surface area contributed by atoms with Crippen molar-refractivity contribution in [3.63, 3.8) is 0 Å². The highest BCUT2D eigenvalue weighted by atomic mass is 32.1. The zero-order chi connectivity index (χ0) is 37.5. The number of furan rings is 1. The van der Waals surface area contributed by atoms with Crippen LogP contribution < -0.4 is 4.90 Å². The molecule has 57 heavy (non-hydrogen) atoms. The van der Waals surface area contributed by atoms with Crippen molar-refractivity contribution < 1.29 is 4.42 Å². The monoisotopic (exact) mass is 743 g/mol. The Bertz CT molecular complexity index is 3520. The van der Waals surface area contributed by atoms with Crippen molar-refractivity contribution in [1.82, 2.24) is 0 Å². The van der Waals surface area contributed by atoms with Crippen LogP contribution >= 0.6 is 11.3 Å². The molecule has 0 spiro atoms. The molecule has 0 saturated heterocycles. The van der Waals surface area contributed by atoms with Gasteiger partial charge in [0, 0.05) is 47.7 Å². The van der Waals surface area contributed by atoms with Crippen molar-refractivity contribution in [2.75, 3.05) is 4.90 Å². The van der Waals surface area contributed by atoms with Gasteiger partial charge in [-0.2, -0.15) is 0 Å². The van der Waals surface area contributed by atoms with E-state index in [2.05, 4.69) is 205 Å². The molecule has 266 valence electrons. The number of rotatable bonds is 5. The van der Waals surface area contributed by atoms with Gasteiger partial charge in [0.25, 0.3) is 0 Å². The predicted octanol–water partition coefficient (Wildman–Crippen LogP) is 16.2. The second-order valence-corrected chi connectivity index (χ2v) is 15.9. The molecule has 0 saturated carbocycles. The Labute approximate surface area is 333 Å². The average molecular weight is 744 g/mol. The van der Waals surface area contributed by atoms with Crippen molar-refractivity contribution in [2.45, 2.75) is 0 Å². The van der Waals surface area contributed by atoms with Gasteiger partial charge >= 0.3 is 0 Å². The van der Waals surface area contributed by atoms with Gasteiger partial charge in [0.2, 0.25) is 0 Å². The summed E-state index contributed by atoms with van der Waals surface area (Å²) in [7, 11) is 0. The molecule has 0 unspecified atom stereocenters. The molecule has 0 aliphatic carbocycles. The van der Waals surface area contributed by atoms with Crippen molar-refractivity contribution in [3.05, 3.63) is 200 Å². The lowest BCUT2D eigenvalue weighted by Gasteiger charge is -2.27. The van der Waals surface area contributed by atoms with E-state index in [1.807, 2.05) is 11.3 Å². The maximum Gasteiger partial charge on any atom is 0.143 e. The fraction of sp³-hybridized carbons (Fsp3) is 0. The van der Waals surface area contributed by atoms with Gasteiger partial charge in [0.05, 0.1) is 5.69 Å². The van der Waals surface area contributed by atoms with E-state index in [0.29, 0.717) is 0 Å². The van der Waals surface area contributed by atoms with Crippen LogP contribution in [0.2, 0.25) is 0 Å². The smallest absolute Gasteiger partial charge is 0.143 e. The summed E-state index contributed by atoms with van der Waals surface area (Å²) >= 11 is 1.85. The molecule has 2 aromatic heterocycles. The van der Waals surface area contributed by atoms with Gasteiger partial charge in [-0.25, -0.2) is 0 Å². The predicted molar refractivity (Wildman–Crippen MR) is 245 cm³/mol. The molecule has 0 N–H and O–H groups in total. The summed E-state index contributed by atoms with van der Waals surface area (Å²) < 4.78 is 9.12. The van der Waals surface area contributed by atoms with Gasteiger partial charge in [0.15, 0.2) is 0 Å². The van der Waals surface area contributed by atoms with E-state index in [4.69, 9.17) is 4.42 Å². The Hall–Kier alpha value is -7.20. The van der Waals surface area contributed by atoms with E-state index in [-0.39, 0.29) is 0 Å². The Kier molecular flexibility index (Phi) is 7.13. The van der Waals surface area contributed by atoms with Gasteiger partial charge in [-0.15, -0.1) is 11.3 Å². The first-order valence-electron chi connectivity index (χ1n) is 19.4. The fourth-order valence-corrected chi connectivity index (χ4v) is 10.1. The second-order valence-electron chi connectivity index (χ2n) is 14.8. The summed E-state index contributed by atoms with van der Waals surface area (Å²) in [5.74, 6) is 0. The third-order valence-electron chi connectivity index (χ3n) is 11.6. The molecule has 2 nitrogen and oxygen atoms in total. The zero-order valence-corrected chi connectivity index (χ0v) is 31.6. The molecule has 0 aliphatic heterocycles. The van der Waals surface area contributed by atoms with Crippen LogP contribution in [-0.2, 0) is 0 Å². The van der Waals surface area contributed by atoms with Crippen LogP contribution in [0, 0.1) is 0 Å². The van der Waals surface area contributed by atoms with Crippen LogP contribution in [0.3, 0.4) is 0 Å². The van der Waals surface area contributed by atoms with E-state index in [9.17, 15) is 0 Å². The molecular weight excluding hydrogens is 711 g/mol. The summed E-state index contributed by atoms with van der Waals surface area (Å²) in [4.78, 5) is 2.42. The number of fused-ring (bicyclic) bond motifs is 11. The Morgan fingerprint density at radius 1 is 0.368 bits per heavy atom. The minimum Gasteiger partial charge on any atom is -0.455 e. The summed E-state index contributed by atoms with van der Waals surface area (Å²) in [5, 5.41) is 12.2. The lowest BCUT2D eigenvalue weighted by Crippen LogP contribution is -2.10. The number of nitrogens with zero attached hydrogens (tertiary/aromatic N) is 1. The lowest BCUT2D eigenvalue weighted by atomic mass is 9.97. The Morgan fingerprint density at radius 2 is 0.965 bits per heavy atom. The summed E-state index contributed by atoms with van der Waals surface area (Å²) in [6, 6.07) is 72.8. The Morgan fingerprint density at radius 3 is 1.79 bits per heavy atom. The van der Waals surface area contributed by atoms with Crippen molar-refractivity contribution in [3.8, 4) is 22.3 Å². The molecule has 0 radical (unpaired) electrons. The number of anilines is 3. The first-order valence-corrected chi connectivity index (χ1v) is 20.2. The van der Waals surface area contributed by atoms with E-state index in [0.717, 1.165) is 50.0 Å². The lowest BCUT2D eigenvalue weighted by molar-refractivity contribution is 0.673. The molecular formula is C54H33NOS. The number of hydrogen-bond donors (Lipinski definition) is 0. The summed E-state index contributed by atoms with van der Waals surface area (Å²) in [6.07, 6.45) is 0. The SMILES string of the molecule is c1ccc2c(c1)ccc1cc(-c3ccc(N(c4ccc(-c5cccc6oc7c8ccccc8ccc7c56)cc4)c4cccc5sc6ccccc6c45)cc3)ccc12. The zero-order valence-electron chi connectivity index (χ0n) is 30.8. The normalized spacial score (nSPS) is 11.9. The quantitative estimate of drug-likeness (QED) is 0.163. The van der Waals surface area contributed by atoms with Crippen LogP contribution in [0.5, 0.6) is 0 Å². The highest BCUT2D eigenvalue weighted by Gasteiger charge is 2.20. The maximum atomic E-state index is 6.55. The van der Waals surface area contributed by atoms with Crippen molar-refractivity contribution in [1.29, 1.82) is 0 Å². The van der Waals surface area contributed by atoms with Crippen molar-refractivity contribution >= 4 is 103 Å². The molecule has 0 aliphatic rings. The third-order valence-corrected chi connectivity index (χ3v) is 12.8. The average Bonchev–Trinajstić information content (AvgIpc) is 3.86. The highest BCUT2D eigenvalue weighted by molar-refractivity contribution is 7.26. The summed E-state index contributed by atoms with van der Waals surface area (Å²) in [5.41, 5.74) is 9.93. The topological polar surface area (TPSA) is 16.4 Å². The van der Waals surface area contributed by atoms with E-state index in [1.54, 1.807) is 0 Å². The highest BCUT2D eigenvalue weighted by Crippen LogP contribution is 2.46. The molecule has 10 aromatic carbocycles. The van der Waals surface area contributed by atoms with Crippen LogP contribution in [0.15, 0.2) is 205 Å². The molecule has 12 rings (SSSR count). The molecule has 0 bridgehead atoms. The summed E-state index contributed by atoms with van der Waals surface area (Å²) in [6.45, 7) is 0. The molecule has 0 amide bonds. The molecule has 2 heterocycles. The first kappa shape index (κ1) is 32.1. The van der Waals surface area contributed by atoms with Crippen LogP contribution in [0.4, 0.5) is 17.1 Å². The Balaban J connectivity index is 0.989. The second kappa shape index (κ2) is 12.7. The van der Waals surface area contributed by atoms with Gasteiger partial charge in [0.1, 0.15) is 11.2 Å². The van der Waals surface area contributed by atoms with E-state index >= 15 is 0 Å². The largest absolute Gasteiger partial charge is 0.455 e. The molecule has 0 fully saturated rings. The van der Waals surface area contributed by atoms with Crippen LogP contribution in [0.1, 0.15) is 0 Å². The number of hydrogen-bond acceptors (Lipinski definition) is 3. The van der Waals surface area contributed by atoms with Gasteiger partial charge in [-0.3, -0.25) is 0 Å². The van der Waals surface area contributed by atoms with Crippen LogP contribution in [0.25, 0.3) is 96.7 Å². The fourth-order valence-electron chi connectivity index (χ4n) is 8.95. The van der Waals surface area contributed by atoms with E-state index in [1.165, 1.54) is 63.8 Å².